The van der Waals surface area contributed by atoms with E-state index in [1.54, 1.807) is 29.4 Å². The zero-order chi connectivity index (χ0) is 28.5. The number of carbonyl (C=O) groups is 1. The monoisotopic (exact) mass is 557 g/mol. The van der Waals surface area contributed by atoms with Gasteiger partial charge in [-0.25, -0.2) is 19.7 Å². The van der Waals surface area contributed by atoms with Crippen molar-refractivity contribution in [3.8, 4) is 17.1 Å². The minimum Gasteiger partial charge on any atom is -0.444 e. The maximum Gasteiger partial charge on any atom is 0.573 e. The van der Waals surface area contributed by atoms with Crippen LogP contribution in [0.1, 0.15) is 33.6 Å². The molecule has 0 aromatic carbocycles. The molecule has 0 radical (unpaired) electrons. The van der Waals surface area contributed by atoms with E-state index in [4.69, 9.17) is 9.72 Å². The molecule has 13 heteroatoms. The van der Waals surface area contributed by atoms with Gasteiger partial charge in [-0.15, -0.1) is 13.2 Å². The summed E-state index contributed by atoms with van der Waals surface area (Å²) in [6, 6.07) is 7.61. The maximum atomic E-state index is 12.7. The van der Waals surface area contributed by atoms with E-state index in [9.17, 15) is 18.0 Å². The highest BCUT2D eigenvalue weighted by Gasteiger charge is 2.48. The molecule has 2 saturated heterocycles. The largest absolute Gasteiger partial charge is 0.573 e. The lowest BCUT2D eigenvalue weighted by Crippen LogP contribution is -2.64. The van der Waals surface area contributed by atoms with Gasteiger partial charge in [0.2, 0.25) is 0 Å². The second kappa shape index (κ2) is 10.4. The third kappa shape index (κ3) is 6.69. The lowest BCUT2D eigenvalue weighted by Gasteiger charge is -2.54. The second-order valence-electron chi connectivity index (χ2n) is 11.1. The van der Waals surface area contributed by atoms with Gasteiger partial charge >= 0.3 is 12.5 Å². The van der Waals surface area contributed by atoms with Crippen molar-refractivity contribution in [1.82, 2.24) is 24.8 Å². The van der Waals surface area contributed by atoms with Gasteiger partial charge in [0.1, 0.15) is 28.8 Å². The van der Waals surface area contributed by atoms with Crippen LogP contribution in [0.4, 0.5) is 35.4 Å². The molecular weight excluding hydrogens is 527 g/mol. The predicted molar refractivity (Wildman–Crippen MR) is 141 cm³/mol. The highest BCUT2D eigenvalue weighted by molar-refractivity contribution is 5.70. The standard InChI is InChI=1S/C27H30F3N7O3/c1-25(2,3)40-24(38)37-16-26(17-37)8-5-11-36(15-26)22-13-21(34-23(35-22)18-6-4-9-31-14-18)33-20-12-19(7-10-32-20)39-27(28,29)30/h4,6-7,9-10,12-14H,5,8,11,15-17H2,1-3H3,(H,32,33,34,35). The number of rotatable bonds is 5. The molecule has 0 atom stereocenters. The van der Waals surface area contributed by atoms with Gasteiger partial charge in [-0.1, -0.05) is 0 Å². The quantitative estimate of drug-likeness (QED) is 0.441. The lowest BCUT2D eigenvalue weighted by atomic mass is 9.73. The Morgan fingerprint density at radius 2 is 1.85 bits per heavy atom. The molecule has 2 aliphatic heterocycles. The third-order valence-electron chi connectivity index (χ3n) is 6.54. The topological polar surface area (TPSA) is 106 Å². The number of halogens is 3. The molecule has 0 saturated carbocycles. The van der Waals surface area contributed by atoms with E-state index in [0.717, 1.165) is 31.5 Å². The van der Waals surface area contributed by atoms with E-state index in [0.29, 0.717) is 42.7 Å². The average Bonchev–Trinajstić information content (AvgIpc) is 2.86. The average molecular weight is 558 g/mol. The first-order valence-electron chi connectivity index (χ1n) is 12.9. The van der Waals surface area contributed by atoms with Crippen molar-refractivity contribution < 1.29 is 27.4 Å². The van der Waals surface area contributed by atoms with Gasteiger partial charge in [0.15, 0.2) is 5.82 Å². The van der Waals surface area contributed by atoms with E-state index in [-0.39, 0.29) is 17.3 Å². The van der Waals surface area contributed by atoms with Crippen molar-refractivity contribution >= 4 is 23.5 Å². The van der Waals surface area contributed by atoms with E-state index in [1.165, 1.54) is 6.20 Å². The van der Waals surface area contributed by atoms with Gasteiger partial charge in [0, 0.05) is 67.9 Å². The van der Waals surface area contributed by atoms with E-state index in [2.05, 4.69) is 29.9 Å². The Balaban J connectivity index is 1.38. The first-order valence-corrected chi connectivity index (χ1v) is 12.9. The molecular formula is C27H30F3N7O3. The first kappa shape index (κ1) is 27.4. The molecule has 40 heavy (non-hydrogen) atoms. The molecule has 0 unspecified atom stereocenters. The summed E-state index contributed by atoms with van der Waals surface area (Å²) in [5.74, 6) is 1.13. The first-order chi connectivity index (χ1) is 18.9. The Morgan fingerprint density at radius 3 is 2.55 bits per heavy atom. The van der Waals surface area contributed by atoms with Crippen LogP contribution in [0.25, 0.3) is 11.4 Å². The molecule has 1 N–H and O–H groups in total. The summed E-state index contributed by atoms with van der Waals surface area (Å²) in [5, 5.41) is 2.99. The molecule has 5 rings (SSSR count). The number of piperidine rings is 1. The van der Waals surface area contributed by atoms with Crippen molar-refractivity contribution in [3.05, 3.63) is 48.9 Å². The highest BCUT2D eigenvalue weighted by atomic mass is 19.4. The fourth-order valence-corrected chi connectivity index (χ4v) is 4.97. The van der Waals surface area contributed by atoms with Crippen LogP contribution in [0.2, 0.25) is 0 Å². The predicted octanol–water partition coefficient (Wildman–Crippen LogP) is 5.41. The number of carbonyl (C=O) groups excluding carboxylic acids is 1. The minimum atomic E-state index is -4.82. The summed E-state index contributed by atoms with van der Waals surface area (Å²) in [6.07, 6.45) is 1.26. The van der Waals surface area contributed by atoms with Crippen molar-refractivity contribution in [3.63, 3.8) is 0 Å². The zero-order valence-electron chi connectivity index (χ0n) is 22.4. The molecule has 2 aliphatic rings. The highest BCUT2D eigenvalue weighted by Crippen LogP contribution is 2.41. The van der Waals surface area contributed by atoms with Crippen LogP contribution < -0.4 is 15.0 Å². The normalized spacial score (nSPS) is 16.9. The minimum absolute atomic E-state index is 0.0764. The summed E-state index contributed by atoms with van der Waals surface area (Å²) in [7, 11) is 0. The summed E-state index contributed by atoms with van der Waals surface area (Å²) >= 11 is 0. The molecule has 1 amide bonds. The zero-order valence-corrected chi connectivity index (χ0v) is 22.4. The van der Waals surface area contributed by atoms with E-state index < -0.39 is 17.7 Å². The van der Waals surface area contributed by atoms with Gasteiger partial charge < -0.3 is 24.6 Å². The second-order valence-corrected chi connectivity index (χ2v) is 11.1. The van der Waals surface area contributed by atoms with Crippen LogP contribution in [-0.4, -0.2) is 69.1 Å². The Bertz CT molecular complexity index is 1360. The van der Waals surface area contributed by atoms with Gasteiger partial charge in [0.25, 0.3) is 0 Å². The van der Waals surface area contributed by atoms with E-state index in [1.807, 2.05) is 26.8 Å². The Kier molecular flexibility index (Phi) is 7.15. The number of aromatic nitrogens is 4. The number of pyridine rings is 2. The summed E-state index contributed by atoms with van der Waals surface area (Å²) < 4.78 is 47.7. The number of hydrogen-bond donors (Lipinski definition) is 1. The van der Waals surface area contributed by atoms with Gasteiger partial charge in [0.05, 0.1) is 0 Å². The van der Waals surface area contributed by atoms with Crippen LogP contribution >= 0.6 is 0 Å². The Labute approximate surface area is 229 Å². The fourth-order valence-electron chi connectivity index (χ4n) is 4.97. The molecule has 5 heterocycles. The number of ether oxygens (including phenoxy) is 2. The molecule has 10 nitrogen and oxygen atoms in total. The van der Waals surface area contributed by atoms with Crippen molar-refractivity contribution in [2.24, 2.45) is 5.41 Å². The summed E-state index contributed by atoms with van der Waals surface area (Å²) in [5.41, 5.74) is 0.0483. The number of nitrogens with one attached hydrogen (secondary N) is 1. The van der Waals surface area contributed by atoms with Gasteiger partial charge in [-0.3, -0.25) is 4.98 Å². The van der Waals surface area contributed by atoms with Gasteiger partial charge in [-0.05, 0) is 51.8 Å². The lowest BCUT2D eigenvalue weighted by molar-refractivity contribution is -0.274. The van der Waals surface area contributed by atoms with Crippen molar-refractivity contribution in [2.45, 2.75) is 45.6 Å². The molecule has 0 aliphatic carbocycles. The van der Waals surface area contributed by atoms with Gasteiger partial charge in [-0.2, -0.15) is 0 Å². The number of amides is 1. The molecule has 0 bridgehead atoms. The van der Waals surface area contributed by atoms with Crippen molar-refractivity contribution in [2.75, 3.05) is 36.4 Å². The number of likely N-dealkylation sites (tertiary alicyclic amines) is 1. The summed E-state index contributed by atoms with van der Waals surface area (Å²) in [6.45, 7) is 8.17. The van der Waals surface area contributed by atoms with Crippen LogP contribution in [0.5, 0.6) is 5.75 Å². The molecule has 3 aromatic rings. The number of alkyl halides is 3. The van der Waals surface area contributed by atoms with Crippen LogP contribution in [0.3, 0.4) is 0 Å². The number of nitrogens with zero attached hydrogens (tertiary/aromatic N) is 6. The van der Waals surface area contributed by atoms with Crippen LogP contribution in [-0.2, 0) is 4.74 Å². The van der Waals surface area contributed by atoms with Crippen LogP contribution in [0, 0.1) is 5.41 Å². The molecule has 2 fully saturated rings. The Morgan fingerprint density at radius 1 is 1.05 bits per heavy atom. The Hall–Kier alpha value is -4.16. The maximum absolute atomic E-state index is 12.7. The smallest absolute Gasteiger partial charge is 0.444 e. The van der Waals surface area contributed by atoms with E-state index >= 15 is 0 Å². The fraction of sp³-hybridized carbons (Fsp3) is 0.444. The van der Waals surface area contributed by atoms with Crippen LogP contribution in [0.15, 0.2) is 48.9 Å². The third-order valence-corrected chi connectivity index (χ3v) is 6.54. The molecule has 1 spiro atoms. The van der Waals surface area contributed by atoms with Crippen molar-refractivity contribution in [1.29, 1.82) is 0 Å². The molecule has 212 valence electrons. The number of hydrogen-bond acceptors (Lipinski definition) is 9. The summed E-state index contributed by atoms with van der Waals surface area (Å²) in [4.78, 5) is 34.0. The number of anilines is 3. The molecule has 3 aromatic heterocycles. The SMILES string of the molecule is CC(C)(C)OC(=O)N1CC2(CCCN(c3cc(Nc4cc(OC(F)(F)F)ccn4)nc(-c4cccnc4)n3)C2)C1.